The molecule has 0 radical (unpaired) electrons. The number of nitrogens with zero attached hydrogens (tertiary/aromatic N) is 3. The molecule has 0 spiro atoms. The fourth-order valence-corrected chi connectivity index (χ4v) is 2.65. The maximum atomic E-state index is 11.1. The molecule has 0 fully saturated rings. The molecule has 3 heterocycles. The number of aromatic nitrogens is 3. The van der Waals surface area contributed by atoms with E-state index >= 15 is 0 Å². The summed E-state index contributed by atoms with van der Waals surface area (Å²) in [6, 6.07) is 5.63. The number of aryl methyl sites for hydroxylation is 1. The molecule has 0 aliphatic heterocycles. The third-order valence-electron chi connectivity index (χ3n) is 2.77. The molecule has 3 rings (SSSR count). The summed E-state index contributed by atoms with van der Waals surface area (Å²) in [6.45, 7) is 1.92. The lowest BCUT2D eigenvalue weighted by atomic mass is 10.1. The second-order valence-corrected chi connectivity index (χ2v) is 4.85. The normalized spacial score (nSPS) is 10.8. The van der Waals surface area contributed by atoms with Gasteiger partial charge in [0, 0.05) is 18.0 Å². The number of pyridine rings is 2. The third kappa shape index (κ3) is 1.96. The SMILES string of the molecule is Cc1cc(-c2cccnc2)nc2c(C(=O)O)nsc12. The lowest BCUT2D eigenvalue weighted by Crippen LogP contribution is -1.98. The van der Waals surface area contributed by atoms with Crippen molar-refractivity contribution in [2.45, 2.75) is 6.92 Å². The quantitative estimate of drug-likeness (QED) is 0.775. The molecule has 0 saturated heterocycles. The van der Waals surface area contributed by atoms with Gasteiger partial charge in [-0.2, -0.15) is 4.37 Å². The fraction of sp³-hybridized carbons (Fsp3) is 0.0769. The van der Waals surface area contributed by atoms with E-state index in [1.807, 2.05) is 25.1 Å². The van der Waals surface area contributed by atoms with E-state index in [2.05, 4.69) is 14.3 Å². The molecule has 0 aliphatic carbocycles. The zero-order valence-electron chi connectivity index (χ0n) is 9.99. The molecule has 5 nitrogen and oxygen atoms in total. The Hall–Kier alpha value is -2.34. The maximum absolute atomic E-state index is 11.1. The van der Waals surface area contributed by atoms with Crippen LogP contribution in [0.25, 0.3) is 21.5 Å². The number of hydrogen-bond acceptors (Lipinski definition) is 5. The Morgan fingerprint density at radius 3 is 2.95 bits per heavy atom. The van der Waals surface area contributed by atoms with E-state index in [1.165, 1.54) is 0 Å². The van der Waals surface area contributed by atoms with E-state index in [4.69, 9.17) is 5.11 Å². The number of aromatic carboxylic acids is 1. The van der Waals surface area contributed by atoms with E-state index in [0.717, 1.165) is 27.4 Å². The van der Waals surface area contributed by atoms with Gasteiger partial charge >= 0.3 is 5.97 Å². The number of fused-ring (bicyclic) bond motifs is 1. The molecule has 1 N–H and O–H groups in total. The molecular formula is C13H9N3O2S. The van der Waals surface area contributed by atoms with Crippen LogP contribution in [-0.2, 0) is 0 Å². The highest BCUT2D eigenvalue weighted by atomic mass is 32.1. The summed E-state index contributed by atoms with van der Waals surface area (Å²) in [5, 5.41) is 9.12. The molecule has 3 aromatic rings. The van der Waals surface area contributed by atoms with E-state index in [0.29, 0.717) is 11.2 Å². The Morgan fingerprint density at radius 1 is 1.42 bits per heavy atom. The predicted octanol–water partition coefficient (Wildman–Crippen LogP) is 2.76. The Labute approximate surface area is 112 Å². The van der Waals surface area contributed by atoms with Crippen LogP contribution < -0.4 is 0 Å². The molecule has 0 aliphatic rings. The van der Waals surface area contributed by atoms with Crippen LogP contribution in [0.5, 0.6) is 0 Å². The lowest BCUT2D eigenvalue weighted by molar-refractivity contribution is 0.0694. The Balaban J connectivity index is 2.28. The van der Waals surface area contributed by atoms with Gasteiger partial charge in [0.15, 0.2) is 5.69 Å². The van der Waals surface area contributed by atoms with Gasteiger partial charge in [-0.25, -0.2) is 9.78 Å². The van der Waals surface area contributed by atoms with E-state index in [-0.39, 0.29) is 5.69 Å². The van der Waals surface area contributed by atoms with Crippen LogP contribution in [0.4, 0.5) is 0 Å². The van der Waals surface area contributed by atoms with Crippen molar-refractivity contribution in [2.24, 2.45) is 0 Å². The molecule has 3 aromatic heterocycles. The smallest absolute Gasteiger partial charge is 0.357 e. The molecule has 0 saturated carbocycles. The van der Waals surface area contributed by atoms with Gasteiger partial charge in [0.1, 0.15) is 5.52 Å². The van der Waals surface area contributed by atoms with Gasteiger partial charge in [-0.3, -0.25) is 4.98 Å². The van der Waals surface area contributed by atoms with Crippen molar-refractivity contribution in [3.05, 3.63) is 41.9 Å². The minimum atomic E-state index is -1.05. The van der Waals surface area contributed by atoms with Gasteiger partial charge < -0.3 is 5.11 Å². The number of carboxylic acids is 1. The summed E-state index contributed by atoms with van der Waals surface area (Å²) in [4.78, 5) is 19.6. The third-order valence-corrected chi connectivity index (χ3v) is 3.74. The first-order chi connectivity index (χ1) is 9.16. The van der Waals surface area contributed by atoms with E-state index in [1.54, 1.807) is 12.4 Å². The number of carboxylic acid groups (broad SMARTS) is 1. The van der Waals surface area contributed by atoms with Gasteiger partial charge in [0.05, 0.1) is 10.4 Å². The van der Waals surface area contributed by atoms with Crippen molar-refractivity contribution >= 4 is 27.7 Å². The van der Waals surface area contributed by atoms with E-state index in [9.17, 15) is 4.79 Å². The average Bonchev–Trinajstić information content (AvgIpc) is 2.84. The highest BCUT2D eigenvalue weighted by molar-refractivity contribution is 7.13. The molecule has 0 bridgehead atoms. The molecular weight excluding hydrogens is 262 g/mol. The fourth-order valence-electron chi connectivity index (χ4n) is 1.87. The summed E-state index contributed by atoms with van der Waals surface area (Å²) >= 11 is 1.16. The zero-order valence-corrected chi connectivity index (χ0v) is 10.8. The molecule has 0 unspecified atom stereocenters. The number of carbonyl (C=O) groups is 1. The maximum Gasteiger partial charge on any atom is 0.357 e. The zero-order chi connectivity index (χ0) is 13.4. The summed E-state index contributed by atoms with van der Waals surface area (Å²) in [5.41, 5.74) is 2.98. The average molecular weight is 271 g/mol. The van der Waals surface area contributed by atoms with E-state index < -0.39 is 5.97 Å². The second-order valence-electron chi connectivity index (χ2n) is 4.08. The molecule has 0 aromatic carbocycles. The summed E-state index contributed by atoms with van der Waals surface area (Å²) in [7, 11) is 0. The van der Waals surface area contributed by atoms with Crippen LogP contribution in [0, 0.1) is 6.92 Å². The Bertz CT molecular complexity index is 768. The van der Waals surface area contributed by atoms with Crippen molar-refractivity contribution in [2.75, 3.05) is 0 Å². The van der Waals surface area contributed by atoms with Gasteiger partial charge in [0.2, 0.25) is 0 Å². The van der Waals surface area contributed by atoms with Gasteiger partial charge in [0.25, 0.3) is 0 Å². The summed E-state index contributed by atoms with van der Waals surface area (Å²) in [6.07, 6.45) is 3.39. The molecule has 0 amide bonds. The van der Waals surface area contributed by atoms with Crippen molar-refractivity contribution in [1.29, 1.82) is 0 Å². The van der Waals surface area contributed by atoms with Crippen LogP contribution in [0.1, 0.15) is 16.1 Å². The molecule has 94 valence electrons. The highest BCUT2D eigenvalue weighted by Crippen LogP contribution is 2.28. The molecule has 19 heavy (non-hydrogen) atoms. The number of rotatable bonds is 2. The summed E-state index contributed by atoms with van der Waals surface area (Å²) < 4.78 is 4.76. The second kappa shape index (κ2) is 4.40. The van der Waals surface area contributed by atoms with Crippen LogP contribution in [-0.4, -0.2) is 25.4 Å². The van der Waals surface area contributed by atoms with Crippen molar-refractivity contribution in [3.63, 3.8) is 0 Å². The first-order valence-electron chi connectivity index (χ1n) is 5.57. The van der Waals surface area contributed by atoms with Crippen LogP contribution >= 0.6 is 11.5 Å². The van der Waals surface area contributed by atoms with Crippen LogP contribution in [0.15, 0.2) is 30.6 Å². The largest absolute Gasteiger partial charge is 0.476 e. The first-order valence-corrected chi connectivity index (χ1v) is 6.35. The van der Waals surface area contributed by atoms with Crippen LogP contribution in [0.3, 0.4) is 0 Å². The van der Waals surface area contributed by atoms with Crippen molar-refractivity contribution < 1.29 is 9.90 Å². The van der Waals surface area contributed by atoms with Crippen molar-refractivity contribution in [1.82, 2.24) is 14.3 Å². The van der Waals surface area contributed by atoms with Crippen molar-refractivity contribution in [3.8, 4) is 11.3 Å². The standard InChI is InChI=1S/C13H9N3O2S/c1-7-5-9(8-3-2-4-14-6-8)15-10-11(13(17)18)16-19-12(7)10/h2-6H,1H3,(H,17,18). The molecule has 6 heteroatoms. The lowest BCUT2D eigenvalue weighted by Gasteiger charge is -2.03. The van der Waals surface area contributed by atoms with Crippen LogP contribution in [0.2, 0.25) is 0 Å². The minimum absolute atomic E-state index is 0.00819. The van der Waals surface area contributed by atoms with Gasteiger partial charge in [-0.05, 0) is 42.2 Å². The minimum Gasteiger partial charge on any atom is -0.476 e. The van der Waals surface area contributed by atoms with Gasteiger partial charge in [-0.1, -0.05) is 0 Å². The Morgan fingerprint density at radius 2 is 2.26 bits per heavy atom. The summed E-state index contributed by atoms with van der Waals surface area (Å²) in [5.74, 6) is -1.05. The monoisotopic (exact) mass is 271 g/mol. The molecule has 0 atom stereocenters. The predicted molar refractivity (Wildman–Crippen MR) is 72.3 cm³/mol. The highest BCUT2D eigenvalue weighted by Gasteiger charge is 2.17. The first kappa shape index (κ1) is 11.7. The van der Waals surface area contributed by atoms with Gasteiger partial charge in [-0.15, -0.1) is 0 Å². The Kier molecular flexibility index (Phi) is 2.72. The number of hydrogen-bond donors (Lipinski definition) is 1. The topological polar surface area (TPSA) is 76.0 Å².